The highest BCUT2D eigenvalue weighted by molar-refractivity contribution is 6.05. The Morgan fingerprint density at radius 1 is 1.33 bits per heavy atom. The first-order chi connectivity index (χ1) is 10.1. The molecule has 1 aromatic rings. The highest BCUT2D eigenvalue weighted by atomic mass is 16.2. The zero-order valence-electron chi connectivity index (χ0n) is 11.3. The number of amides is 3. The third-order valence-corrected chi connectivity index (χ3v) is 3.68. The minimum atomic E-state index is -0.693. The van der Waals surface area contributed by atoms with E-state index >= 15 is 0 Å². The van der Waals surface area contributed by atoms with E-state index in [0.717, 1.165) is 11.3 Å². The van der Waals surface area contributed by atoms with Gasteiger partial charge in [0.05, 0.1) is 0 Å². The van der Waals surface area contributed by atoms with E-state index in [1.807, 2.05) is 12.1 Å². The smallest absolute Gasteiger partial charge is 0.278 e. The van der Waals surface area contributed by atoms with Crippen LogP contribution in [0.1, 0.15) is 28.8 Å². The fourth-order valence-corrected chi connectivity index (χ4v) is 2.53. The molecular weight excluding hydrogens is 274 g/mol. The average molecular weight is 290 g/mol. The summed E-state index contributed by atoms with van der Waals surface area (Å²) in [5.41, 5.74) is 12.2. The van der Waals surface area contributed by atoms with Crippen molar-refractivity contribution in [2.45, 2.75) is 25.4 Å². The van der Waals surface area contributed by atoms with Crippen molar-refractivity contribution < 1.29 is 19.8 Å². The summed E-state index contributed by atoms with van der Waals surface area (Å²) < 4.78 is 0. The lowest BCUT2D eigenvalue weighted by atomic mass is 10.0. The van der Waals surface area contributed by atoms with Gasteiger partial charge >= 0.3 is 0 Å². The van der Waals surface area contributed by atoms with Crippen LogP contribution < -0.4 is 22.0 Å². The van der Waals surface area contributed by atoms with Gasteiger partial charge in [0.1, 0.15) is 11.6 Å². The highest BCUT2D eigenvalue weighted by Gasteiger charge is 2.39. The molecule has 0 aromatic heterocycles. The summed E-state index contributed by atoms with van der Waals surface area (Å²) in [6, 6.07) is 4.70. The fourth-order valence-electron chi connectivity index (χ4n) is 2.53. The number of carbonyl (C=O) groups excluding carboxylic acids is 3. The number of benzene rings is 1. The molecule has 1 unspecified atom stereocenters. The first-order valence-electron chi connectivity index (χ1n) is 6.70. The normalized spacial score (nSPS) is 22.0. The lowest BCUT2D eigenvalue weighted by Gasteiger charge is -2.33. The van der Waals surface area contributed by atoms with Crippen molar-refractivity contribution in [1.82, 2.24) is 15.9 Å². The molecule has 0 bridgehead atoms. The standard InChI is InChI=1S/C13H15N5O3/c14-6-7-1-2-9-8(5-7)13(21)18(17-16-9)10-3-4-11(19)15-12(10)20/h1-2,5,10,16-17H,3-4,6,14H2,(H,15,19,20)/p+1. The molecule has 110 valence electrons. The van der Waals surface area contributed by atoms with Crippen LogP contribution in [0.5, 0.6) is 0 Å². The molecule has 2 heterocycles. The molecule has 0 spiro atoms. The largest absolute Gasteiger partial charge is 0.326 e. The maximum absolute atomic E-state index is 12.5. The molecular formula is C13H16N5O3+. The number of hydrazine groups is 1. The zero-order chi connectivity index (χ0) is 15.0. The quantitative estimate of drug-likeness (QED) is 0.286. The maximum Gasteiger partial charge on any atom is 0.278 e. The SMILES string of the molecule is NCc1ccc2c(c1)C(=O)N(C1CCC(=O)NC1=O)N[NH2+]2. The van der Waals surface area contributed by atoms with Crippen molar-refractivity contribution in [3.63, 3.8) is 0 Å². The zero-order valence-corrected chi connectivity index (χ0v) is 11.3. The van der Waals surface area contributed by atoms with E-state index in [1.54, 1.807) is 11.5 Å². The molecule has 21 heavy (non-hydrogen) atoms. The number of nitrogens with two attached hydrogens (primary N) is 2. The number of hydrogen-bond donors (Lipinski definition) is 4. The van der Waals surface area contributed by atoms with Crippen LogP contribution >= 0.6 is 0 Å². The molecule has 1 saturated heterocycles. The third-order valence-electron chi connectivity index (χ3n) is 3.68. The van der Waals surface area contributed by atoms with Crippen LogP contribution in [-0.4, -0.2) is 28.8 Å². The summed E-state index contributed by atoms with van der Waals surface area (Å²) in [5.74, 6) is -1.06. The van der Waals surface area contributed by atoms with Gasteiger partial charge in [-0.05, 0) is 18.1 Å². The minimum absolute atomic E-state index is 0.220. The monoisotopic (exact) mass is 290 g/mol. The molecule has 8 nitrogen and oxygen atoms in total. The molecule has 2 aliphatic rings. The summed E-state index contributed by atoms with van der Waals surface area (Å²) in [7, 11) is 0. The van der Waals surface area contributed by atoms with Gasteiger partial charge in [0.15, 0.2) is 5.69 Å². The van der Waals surface area contributed by atoms with Crippen molar-refractivity contribution in [2.75, 3.05) is 0 Å². The number of rotatable bonds is 2. The molecule has 2 aliphatic heterocycles. The van der Waals surface area contributed by atoms with Crippen molar-refractivity contribution in [2.24, 2.45) is 5.73 Å². The second kappa shape index (κ2) is 5.24. The van der Waals surface area contributed by atoms with E-state index in [-0.39, 0.29) is 18.2 Å². The first-order valence-corrected chi connectivity index (χ1v) is 6.70. The number of nitrogens with zero attached hydrogens (tertiary/aromatic N) is 1. The summed E-state index contributed by atoms with van der Waals surface area (Å²) >= 11 is 0. The second-order valence-electron chi connectivity index (χ2n) is 5.04. The van der Waals surface area contributed by atoms with Crippen molar-refractivity contribution in [3.05, 3.63) is 29.3 Å². The van der Waals surface area contributed by atoms with Gasteiger partial charge in [0.25, 0.3) is 11.8 Å². The molecule has 3 rings (SSSR count). The molecule has 1 aromatic carbocycles. The van der Waals surface area contributed by atoms with Crippen molar-refractivity contribution in [3.8, 4) is 0 Å². The van der Waals surface area contributed by atoms with Crippen LogP contribution in [0.3, 0.4) is 0 Å². The predicted octanol–water partition coefficient (Wildman–Crippen LogP) is -1.98. The van der Waals surface area contributed by atoms with Crippen LogP contribution in [-0.2, 0) is 16.1 Å². The summed E-state index contributed by atoms with van der Waals surface area (Å²) in [5, 5.41) is 3.52. The molecule has 6 N–H and O–H groups in total. The van der Waals surface area contributed by atoms with Crippen molar-refractivity contribution in [1.29, 1.82) is 0 Å². The van der Waals surface area contributed by atoms with Gasteiger partial charge in [0.2, 0.25) is 5.91 Å². The summed E-state index contributed by atoms with van der Waals surface area (Å²) in [6.45, 7) is 0.340. The average Bonchev–Trinajstić information content (AvgIpc) is 2.48. The Kier molecular flexibility index (Phi) is 3.42. The highest BCUT2D eigenvalue weighted by Crippen LogP contribution is 2.20. The third kappa shape index (κ3) is 2.40. The van der Waals surface area contributed by atoms with Crippen LogP contribution in [0.15, 0.2) is 18.2 Å². The number of fused-ring (bicyclic) bond motifs is 1. The Bertz CT molecular complexity index is 630. The fraction of sp³-hybridized carbons (Fsp3) is 0.308. The molecule has 1 atom stereocenters. The number of carbonyl (C=O) groups is 3. The van der Waals surface area contributed by atoms with Crippen LogP contribution in [0, 0.1) is 0 Å². The van der Waals surface area contributed by atoms with Crippen molar-refractivity contribution >= 4 is 23.4 Å². The number of nitrogens with one attached hydrogen (secondary N) is 2. The number of quaternary nitrogens is 1. The number of hydrogen-bond acceptors (Lipinski definition) is 5. The van der Waals surface area contributed by atoms with Gasteiger partial charge in [-0.15, -0.1) is 0 Å². The van der Waals surface area contributed by atoms with E-state index in [2.05, 4.69) is 10.9 Å². The second-order valence-corrected chi connectivity index (χ2v) is 5.04. The minimum Gasteiger partial charge on any atom is -0.326 e. The number of piperidine rings is 1. The van der Waals surface area contributed by atoms with Gasteiger partial charge in [-0.1, -0.05) is 11.6 Å². The van der Waals surface area contributed by atoms with Crippen LogP contribution in [0.4, 0.5) is 5.69 Å². The van der Waals surface area contributed by atoms with E-state index in [0.29, 0.717) is 18.5 Å². The van der Waals surface area contributed by atoms with E-state index in [1.165, 1.54) is 5.01 Å². The summed E-state index contributed by atoms with van der Waals surface area (Å²) in [6.07, 6.45) is 0.528. The van der Waals surface area contributed by atoms with Gasteiger partial charge in [-0.25, -0.2) is 10.4 Å². The van der Waals surface area contributed by atoms with E-state index < -0.39 is 11.9 Å². The molecule has 0 aliphatic carbocycles. The lowest BCUT2D eigenvalue weighted by Crippen LogP contribution is -2.95. The van der Waals surface area contributed by atoms with Crippen LogP contribution in [0.2, 0.25) is 0 Å². The summed E-state index contributed by atoms with van der Waals surface area (Å²) in [4.78, 5) is 35.6. The molecule has 0 saturated carbocycles. The predicted molar refractivity (Wildman–Crippen MR) is 71.4 cm³/mol. The maximum atomic E-state index is 12.5. The lowest BCUT2D eigenvalue weighted by molar-refractivity contribution is -0.663. The molecule has 1 fully saturated rings. The van der Waals surface area contributed by atoms with E-state index in [4.69, 9.17) is 5.73 Å². The Hall–Kier alpha value is -2.29. The Morgan fingerprint density at radius 2 is 2.14 bits per heavy atom. The van der Waals surface area contributed by atoms with Gasteiger partial charge in [0, 0.05) is 19.0 Å². The van der Waals surface area contributed by atoms with Gasteiger partial charge in [-0.3, -0.25) is 19.7 Å². The van der Waals surface area contributed by atoms with Gasteiger partial charge in [-0.2, -0.15) is 0 Å². The molecule has 0 radical (unpaired) electrons. The number of imide groups is 1. The Labute approximate surface area is 120 Å². The topological polar surface area (TPSA) is 121 Å². The molecule has 8 heteroatoms. The van der Waals surface area contributed by atoms with Crippen LogP contribution in [0.25, 0.3) is 0 Å². The molecule has 3 amide bonds. The van der Waals surface area contributed by atoms with Gasteiger partial charge < -0.3 is 5.73 Å². The first kappa shape index (κ1) is 13.7. The Morgan fingerprint density at radius 3 is 2.86 bits per heavy atom. The Balaban J connectivity index is 1.88. The van der Waals surface area contributed by atoms with E-state index in [9.17, 15) is 14.4 Å².